The summed E-state index contributed by atoms with van der Waals surface area (Å²) in [5.74, 6) is -1.76. The van der Waals surface area contributed by atoms with E-state index in [1.807, 2.05) is 93.6 Å². The van der Waals surface area contributed by atoms with Crippen LogP contribution in [0.3, 0.4) is 0 Å². The number of ether oxygens (including phenoxy) is 2. The summed E-state index contributed by atoms with van der Waals surface area (Å²) in [6.45, 7) is 7.67. The lowest BCUT2D eigenvalue weighted by atomic mass is 9.76. The third kappa shape index (κ3) is 5.18. The number of carbonyl (C=O) groups excluding carboxylic acids is 2. The van der Waals surface area contributed by atoms with Crippen LogP contribution in [0.15, 0.2) is 109 Å². The molecule has 0 fully saturated rings. The molecular formula is C36H37NO4. The zero-order valence-corrected chi connectivity index (χ0v) is 24.3. The predicted octanol–water partition coefficient (Wildman–Crippen LogP) is 6.98. The number of fused-ring (bicyclic) bond motifs is 3. The standard InChI is InChI=1S/C36H37NO4/c1-25(33(38)40-5)32(34(39)41-35(2,3)4)37(24-26-16-8-6-9-17-26)36(27-18-10-7-11-19-27)30-22-14-12-20-28(30)29-21-13-15-23-31(29)36/h6-23,25,32H,24H2,1-5H3/t25-,32+/m1/s1. The van der Waals surface area contributed by atoms with Gasteiger partial charge in [0.05, 0.1) is 18.6 Å². The van der Waals surface area contributed by atoms with Gasteiger partial charge in [-0.05, 0) is 61.1 Å². The summed E-state index contributed by atoms with van der Waals surface area (Å²) in [4.78, 5) is 29.8. The Balaban J connectivity index is 1.88. The average Bonchev–Trinajstić information content (AvgIpc) is 3.27. The first-order chi connectivity index (χ1) is 19.7. The summed E-state index contributed by atoms with van der Waals surface area (Å²) in [5, 5.41) is 0. The zero-order chi connectivity index (χ0) is 29.2. The molecule has 0 radical (unpaired) electrons. The summed E-state index contributed by atoms with van der Waals surface area (Å²) < 4.78 is 11.3. The molecule has 5 nitrogen and oxygen atoms in total. The summed E-state index contributed by atoms with van der Waals surface area (Å²) in [5.41, 5.74) is 4.64. The zero-order valence-electron chi connectivity index (χ0n) is 24.3. The molecular weight excluding hydrogens is 510 g/mol. The maximum atomic E-state index is 14.3. The van der Waals surface area contributed by atoms with E-state index in [1.54, 1.807) is 6.92 Å². The molecule has 41 heavy (non-hydrogen) atoms. The second-order valence-corrected chi connectivity index (χ2v) is 11.6. The Kier molecular flexibility index (Phi) is 7.83. The molecule has 0 saturated carbocycles. The molecule has 2 atom stereocenters. The normalized spacial score (nSPS) is 15.0. The van der Waals surface area contributed by atoms with Crippen LogP contribution in [0.1, 0.15) is 49.9 Å². The Labute approximate surface area is 242 Å². The van der Waals surface area contributed by atoms with Crippen LogP contribution in [-0.4, -0.2) is 35.6 Å². The van der Waals surface area contributed by atoms with Crippen LogP contribution in [-0.2, 0) is 31.1 Å². The van der Waals surface area contributed by atoms with Gasteiger partial charge >= 0.3 is 11.9 Å². The van der Waals surface area contributed by atoms with Crippen molar-refractivity contribution in [2.45, 2.75) is 51.4 Å². The molecule has 0 N–H and O–H groups in total. The minimum absolute atomic E-state index is 0.379. The van der Waals surface area contributed by atoms with Crippen molar-refractivity contribution in [1.29, 1.82) is 0 Å². The summed E-state index contributed by atoms with van der Waals surface area (Å²) in [7, 11) is 1.36. The van der Waals surface area contributed by atoms with Crippen molar-refractivity contribution in [3.8, 4) is 11.1 Å². The second kappa shape index (κ2) is 11.3. The number of rotatable bonds is 8. The largest absolute Gasteiger partial charge is 0.469 e. The molecule has 0 aromatic heterocycles. The molecule has 0 unspecified atom stereocenters. The maximum absolute atomic E-state index is 14.3. The predicted molar refractivity (Wildman–Crippen MR) is 161 cm³/mol. The fourth-order valence-electron chi connectivity index (χ4n) is 6.16. The van der Waals surface area contributed by atoms with Crippen molar-refractivity contribution in [2.24, 2.45) is 5.92 Å². The van der Waals surface area contributed by atoms with Crippen LogP contribution in [0.25, 0.3) is 11.1 Å². The Morgan fingerprint density at radius 1 is 0.732 bits per heavy atom. The monoisotopic (exact) mass is 547 g/mol. The lowest BCUT2D eigenvalue weighted by Gasteiger charge is -2.48. The van der Waals surface area contributed by atoms with Gasteiger partial charge in [0.25, 0.3) is 0 Å². The van der Waals surface area contributed by atoms with Crippen molar-refractivity contribution in [1.82, 2.24) is 4.90 Å². The Hall–Kier alpha value is -4.22. The van der Waals surface area contributed by atoms with Gasteiger partial charge in [-0.15, -0.1) is 0 Å². The highest BCUT2D eigenvalue weighted by molar-refractivity contribution is 5.87. The van der Waals surface area contributed by atoms with Crippen LogP contribution in [0, 0.1) is 5.92 Å². The van der Waals surface area contributed by atoms with Gasteiger partial charge in [0.1, 0.15) is 11.6 Å². The fraction of sp³-hybridized carbons (Fsp3) is 0.278. The second-order valence-electron chi connectivity index (χ2n) is 11.6. The minimum Gasteiger partial charge on any atom is -0.469 e. The van der Waals surface area contributed by atoms with Gasteiger partial charge in [0, 0.05) is 6.54 Å². The molecule has 210 valence electrons. The number of carbonyl (C=O) groups is 2. The van der Waals surface area contributed by atoms with E-state index in [0.29, 0.717) is 6.54 Å². The average molecular weight is 548 g/mol. The molecule has 0 saturated heterocycles. The summed E-state index contributed by atoms with van der Waals surface area (Å²) in [6, 6.07) is 36.0. The lowest BCUT2D eigenvalue weighted by Crippen LogP contribution is -2.58. The first kappa shape index (κ1) is 28.3. The van der Waals surface area contributed by atoms with Gasteiger partial charge in [-0.2, -0.15) is 0 Å². The van der Waals surface area contributed by atoms with E-state index in [0.717, 1.165) is 33.4 Å². The van der Waals surface area contributed by atoms with Crippen molar-refractivity contribution >= 4 is 11.9 Å². The van der Waals surface area contributed by atoms with E-state index in [1.165, 1.54) is 7.11 Å². The van der Waals surface area contributed by atoms with Crippen molar-refractivity contribution in [3.63, 3.8) is 0 Å². The summed E-state index contributed by atoms with van der Waals surface area (Å²) in [6.07, 6.45) is 0. The SMILES string of the molecule is COC(=O)[C@H](C)[C@@H](C(=O)OC(C)(C)C)N(Cc1ccccc1)C1(c2ccccc2)c2ccccc2-c2ccccc21. The minimum atomic E-state index is -0.971. The molecule has 0 heterocycles. The van der Waals surface area contributed by atoms with Crippen LogP contribution < -0.4 is 0 Å². The smallest absolute Gasteiger partial charge is 0.324 e. The fourth-order valence-corrected chi connectivity index (χ4v) is 6.16. The highest BCUT2D eigenvalue weighted by Crippen LogP contribution is 2.55. The highest BCUT2D eigenvalue weighted by atomic mass is 16.6. The van der Waals surface area contributed by atoms with Gasteiger partial charge in [0.15, 0.2) is 0 Å². The number of esters is 2. The molecule has 4 aromatic rings. The first-order valence-electron chi connectivity index (χ1n) is 14.0. The van der Waals surface area contributed by atoms with E-state index in [-0.39, 0.29) is 0 Å². The Morgan fingerprint density at radius 2 is 1.22 bits per heavy atom. The number of nitrogens with zero attached hydrogens (tertiary/aromatic N) is 1. The molecule has 0 spiro atoms. The van der Waals surface area contributed by atoms with E-state index in [4.69, 9.17) is 9.47 Å². The Bertz CT molecular complexity index is 1480. The molecule has 5 rings (SSSR count). The number of hydrogen-bond donors (Lipinski definition) is 0. The lowest BCUT2D eigenvalue weighted by molar-refractivity contribution is -0.171. The Morgan fingerprint density at radius 3 is 1.73 bits per heavy atom. The van der Waals surface area contributed by atoms with Crippen molar-refractivity contribution < 1.29 is 19.1 Å². The molecule has 1 aliphatic carbocycles. The maximum Gasteiger partial charge on any atom is 0.324 e. The van der Waals surface area contributed by atoms with Crippen LogP contribution >= 0.6 is 0 Å². The van der Waals surface area contributed by atoms with Crippen molar-refractivity contribution in [2.75, 3.05) is 7.11 Å². The molecule has 1 aliphatic rings. The van der Waals surface area contributed by atoms with Crippen LogP contribution in [0.2, 0.25) is 0 Å². The van der Waals surface area contributed by atoms with Gasteiger partial charge < -0.3 is 9.47 Å². The molecule has 4 aromatic carbocycles. The highest BCUT2D eigenvalue weighted by Gasteiger charge is 2.54. The van der Waals surface area contributed by atoms with Crippen LogP contribution in [0.4, 0.5) is 0 Å². The number of methoxy groups -OCH3 is 1. The third-order valence-electron chi connectivity index (χ3n) is 7.77. The van der Waals surface area contributed by atoms with E-state index < -0.39 is 35.0 Å². The van der Waals surface area contributed by atoms with Crippen molar-refractivity contribution in [3.05, 3.63) is 131 Å². The third-order valence-corrected chi connectivity index (χ3v) is 7.77. The number of benzene rings is 4. The first-order valence-corrected chi connectivity index (χ1v) is 14.0. The van der Waals surface area contributed by atoms with Gasteiger partial charge in [0.2, 0.25) is 0 Å². The topological polar surface area (TPSA) is 55.8 Å². The molecule has 0 amide bonds. The van der Waals surface area contributed by atoms with Crippen LogP contribution in [0.5, 0.6) is 0 Å². The van der Waals surface area contributed by atoms with E-state index in [2.05, 4.69) is 41.3 Å². The van der Waals surface area contributed by atoms with Gasteiger partial charge in [-0.3, -0.25) is 14.5 Å². The van der Waals surface area contributed by atoms with Gasteiger partial charge in [-0.25, -0.2) is 0 Å². The van der Waals surface area contributed by atoms with E-state index >= 15 is 0 Å². The quantitative estimate of drug-likeness (QED) is 0.223. The molecule has 0 aliphatic heterocycles. The van der Waals surface area contributed by atoms with E-state index in [9.17, 15) is 9.59 Å². The summed E-state index contributed by atoms with van der Waals surface area (Å²) >= 11 is 0. The molecule has 5 heteroatoms. The number of hydrogen-bond acceptors (Lipinski definition) is 5. The van der Waals surface area contributed by atoms with Gasteiger partial charge in [-0.1, -0.05) is 109 Å². The molecule has 0 bridgehead atoms.